The monoisotopic (exact) mass is 590 g/mol. The number of thiazole rings is 1. The Labute approximate surface area is 233 Å². The Hall–Kier alpha value is -3.71. The largest absolute Gasteiger partial charge is 0.416 e. The van der Waals surface area contributed by atoms with E-state index in [0.29, 0.717) is 16.8 Å². The van der Waals surface area contributed by atoms with E-state index in [1.54, 1.807) is 31.4 Å². The Balaban J connectivity index is 1.27. The number of amides is 2. The summed E-state index contributed by atoms with van der Waals surface area (Å²) in [7, 11) is -3.85. The van der Waals surface area contributed by atoms with Crippen molar-refractivity contribution in [2.45, 2.75) is 30.8 Å². The minimum absolute atomic E-state index is 0.00745. The van der Waals surface area contributed by atoms with Gasteiger partial charge in [-0.25, -0.2) is 13.4 Å². The first-order valence-electron chi connectivity index (χ1n) is 12.3. The Kier molecular flexibility index (Phi) is 6.99. The fourth-order valence-corrected chi connectivity index (χ4v) is 6.81. The van der Waals surface area contributed by atoms with Crippen molar-refractivity contribution in [3.63, 3.8) is 0 Å². The summed E-state index contributed by atoms with van der Waals surface area (Å²) in [5, 5.41) is 1.88. The van der Waals surface area contributed by atoms with Crippen LogP contribution in [0.4, 0.5) is 24.0 Å². The van der Waals surface area contributed by atoms with E-state index in [4.69, 9.17) is 0 Å². The van der Waals surface area contributed by atoms with E-state index in [2.05, 4.69) is 9.71 Å². The summed E-state index contributed by atoms with van der Waals surface area (Å²) < 4.78 is 67.6. The maximum absolute atomic E-state index is 13.6. The zero-order valence-corrected chi connectivity index (χ0v) is 23.1. The molecule has 2 aromatic carbocycles. The van der Waals surface area contributed by atoms with Gasteiger partial charge >= 0.3 is 6.18 Å². The minimum atomic E-state index is -4.50. The Bertz CT molecular complexity index is 1580. The van der Waals surface area contributed by atoms with Crippen molar-refractivity contribution in [3.8, 4) is 0 Å². The van der Waals surface area contributed by atoms with Gasteiger partial charge in [-0.15, -0.1) is 11.3 Å². The summed E-state index contributed by atoms with van der Waals surface area (Å²) in [4.78, 5) is 33.5. The number of carbonyl (C=O) groups excluding carboxylic acids is 2. The van der Waals surface area contributed by atoms with E-state index in [1.165, 1.54) is 46.3 Å². The number of alkyl halides is 3. The molecule has 1 aromatic heterocycles. The number of hydrogen-bond donors (Lipinski definition) is 1. The molecule has 13 heteroatoms. The highest BCUT2D eigenvalue weighted by molar-refractivity contribution is 7.93. The topological polar surface area (TPSA) is 99.7 Å². The molecule has 2 amide bonds. The lowest BCUT2D eigenvalue weighted by molar-refractivity contribution is -0.144. The van der Waals surface area contributed by atoms with Gasteiger partial charge in [0, 0.05) is 36.3 Å². The van der Waals surface area contributed by atoms with Gasteiger partial charge in [-0.2, -0.15) is 13.2 Å². The average Bonchev–Trinajstić information content (AvgIpc) is 3.57. The third-order valence-corrected chi connectivity index (χ3v) is 9.34. The number of halogens is 3. The molecular weight excluding hydrogens is 565 g/mol. The van der Waals surface area contributed by atoms with Crippen molar-refractivity contribution >= 4 is 50.1 Å². The molecule has 0 radical (unpaired) electrons. The van der Waals surface area contributed by atoms with Crippen LogP contribution in [0.25, 0.3) is 6.08 Å². The predicted octanol–water partition coefficient (Wildman–Crippen LogP) is 4.97. The third-order valence-electron chi connectivity index (χ3n) is 7.17. The zero-order valence-electron chi connectivity index (χ0n) is 21.5. The predicted molar refractivity (Wildman–Crippen MR) is 145 cm³/mol. The van der Waals surface area contributed by atoms with E-state index in [-0.39, 0.29) is 41.5 Å². The number of carbonyl (C=O) groups is 2. The minimum Gasteiger partial charge on any atom is -0.331 e. The number of nitrogens with zero attached hydrogens (tertiary/aromatic N) is 3. The standard InChI is InChI=1S/C27H25F3N4O4S2/c1-26(2,22-10-4-17-3-5-18(15-21(17)22)27(28,29)30)24(36)33-12-13-34(23(35)16-33)19-6-8-20(9-7-19)40(37,38)32-25-31-11-14-39-25/h3-11,14-15,22H,12-13,16H2,1-2H3,(H,31,32). The number of fused-ring (bicyclic) bond motifs is 1. The second kappa shape index (κ2) is 10.0. The second-order valence-corrected chi connectivity index (χ2v) is 12.7. The number of hydrogen-bond acceptors (Lipinski definition) is 6. The number of nitrogens with one attached hydrogen (secondary N) is 1. The molecule has 8 nitrogen and oxygen atoms in total. The van der Waals surface area contributed by atoms with Crippen LogP contribution in [0.1, 0.15) is 36.5 Å². The van der Waals surface area contributed by atoms with Crippen LogP contribution in [0.15, 0.2) is 65.0 Å². The van der Waals surface area contributed by atoms with Crippen LogP contribution in [0.5, 0.6) is 0 Å². The van der Waals surface area contributed by atoms with Crippen LogP contribution in [0.2, 0.25) is 0 Å². The van der Waals surface area contributed by atoms with Gasteiger partial charge in [-0.1, -0.05) is 32.1 Å². The normalized spacial score (nSPS) is 17.7. The van der Waals surface area contributed by atoms with Crippen molar-refractivity contribution in [2.24, 2.45) is 5.41 Å². The van der Waals surface area contributed by atoms with Crippen LogP contribution in [-0.2, 0) is 25.8 Å². The van der Waals surface area contributed by atoms with E-state index in [0.717, 1.165) is 23.5 Å². The average molecular weight is 591 g/mol. The number of piperazine rings is 1. The molecule has 1 saturated heterocycles. The number of aromatic nitrogens is 1. The first-order valence-corrected chi connectivity index (χ1v) is 14.6. The highest BCUT2D eigenvalue weighted by Gasteiger charge is 2.44. The Morgan fingerprint density at radius 2 is 1.82 bits per heavy atom. The molecule has 1 unspecified atom stereocenters. The highest BCUT2D eigenvalue weighted by Crippen LogP contribution is 2.46. The van der Waals surface area contributed by atoms with Crippen LogP contribution >= 0.6 is 11.3 Å². The van der Waals surface area contributed by atoms with Gasteiger partial charge in [-0.3, -0.25) is 14.3 Å². The third kappa shape index (κ3) is 5.22. The number of allylic oxidation sites excluding steroid dienone is 1. The smallest absolute Gasteiger partial charge is 0.331 e. The lowest BCUT2D eigenvalue weighted by atomic mass is 9.74. The molecule has 40 heavy (non-hydrogen) atoms. The number of sulfonamides is 1. The maximum atomic E-state index is 13.6. The van der Waals surface area contributed by atoms with Gasteiger partial charge in [0.1, 0.15) is 6.54 Å². The van der Waals surface area contributed by atoms with Gasteiger partial charge < -0.3 is 9.80 Å². The number of benzene rings is 2. The summed E-state index contributed by atoms with van der Waals surface area (Å²) in [6.45, 7) is 3.54. The van der Waals surface area contributed by atoms with Crippen molar-refractivity contribution < 1.29 is 31.2 Å². The molecule has 1 aliphatic heterocycles. The highest BCUT2D eigenvalue weighted by atomic mass is 32.2. The molecular formula is C27H25F3N4O4S2. The van der Waals surface area contributed by atoms with Crippen molar-refractivity contribution in [1.29, 1.82) is 0 Å². The molecule has 2 aliphatic rings. The maximum Gasteiger partial charge on any atom is 0.416 e. The fourth-order valence-electron chi connectivity index (χ4n) is 5.02. The van der Waals surface area contributed by atoms with Gasteiger partial charge in [0.25, 0.3) is 10.0 Å². The molecule has 1 fully saturated rings. The molecule has 1 aliphatic carbocycles. The Morgan fingerprint density at radius 3 is 2.45 bits per heavy atom. The van der Waals surface area contributed by atoms with Gasteiger partial charge in [0.2, 0.25) is 11.8 Å². The molecule has 2 heterocycles. The lowest BCUT2D eigenvalue weighted by Gasteiger charge is -2.40. The van der Waals surface area contributed by atoms with Crippen LogP contribution < -0.4 is 9.62 Å². The number of rotatable bonds is 6. The Morgan fingerprint density at radius 1 is 1.10 bits per heavy atom. The molecule has 5 rings (SSSR count). The summed E-state index contributed by atoms with van der Waals surface area (Å²) >= 11 is 1.15. The quantitative estimate of drug-likeness (QED) is 0.437. The first kappa shape index (κ1) is 27.8. The van der Waals surface area contributed by atoms with Crippen LogP contribution in [-0.4, -0.2) is 49.8 Å². The summed E-state index contributed by atoms with van der Waals surface area (Å²) in [5.74, 6) is -1.28. The van der Waals surface area contributed by atoms with E-state index in [1.807, 2.05) is 0 Å². The fraction of sp³-hybridized carbons (Fsp3) is 0.296. The van der Waals surface area contributed by atoms with Crippen LogP contribution in [0, 0.1) is 5.41 Å². The van der Waals surface area contributed by atoms with Gasteiger partial charge in [0.15, 0.2) is 5.13 Å². The molecule has 0 saturated carbocycles. The van der Waals surface area contributed by atoms with Crippen molar-refractivity contribution in [1.82, 2.24) is 9.88 Å². The summed E-state index contributed by atoms with van der Waals surface area (Å²) in [5.41, 5.74) is -0.333. The van der Waals surface area contributed by atoms with E-state index in [9.17, 15) is 31.2 Å². The molecule has 210 valence electrons. The molecule has 1 atom stereocenters. The zero-order chi connectivity index (χ0) is 28.9. The summed E-state index contributed by atoms with van der Waals surface area (Å²) in [6.07, 6.45) is 0.434. The van der Waals surface area contributed by atoms with Crippen molar-refractivity contribution in [2.75, 3.05) is 29.3 Å². The number of anilines is 2. The molecule has 0 spiro atoms. The van der Waals surface area contributed by atoms with Crippen molar-refractivity contribution in [3.05, 3.63) is 76.8 Å². The SMILES string of the molecule is CC(C)(C(=O)N1CCN(c2ccc(S(=O)(=O)Nc3nccs3)cc2)C(=O)C1)C1C=Cc2ccc(C(F)(F)F)cc21. The van der Waals surface area contributed by atoms with Crippen LogP contribution in [0.3, 0.4) is 0 Å². The first-order chi connectivity index (χ1) is 18.8. The lowest BCUT2D eigenvalue weighted by Crippen LogP contribution is -2.55. The molecule has 1 N–H and O–H groups in total. The van der Waals surface area contributed by atoms with E-state index >= 15 is 0 Å². The molecule has 0 bridgehead atoms. The second-order valence-electron chi connectivity index (χ2n) is 10.1. The summed E-state index contributed by atoms with van der Waals surface area (Å²) in [6, 6.07) is 9.34. The molecule has 3 aromatic rings. The van der Waals surface area contributed by atoms with Gasteiger partial charge in [-0.05, 0) is 47.5 Å². The van der Waals surface area contributed by atoms with Gasteiger partial charge in [0.05, 0.1) is 15.9 Å². The van der Waals surface area contributed by atoms with E-state index < -0.39 is 33.1 Å².